The van der Waals surface area contributed by atoms with E-state index in [1.54, 1.807) is 44.6 Å². The largest absolute Gasteiger partial charge is 0.504 e. The van der Waals surface area contributed by atoms with E-state index in [9.17, 15) is 9.90 Å². The lowest BCUT2D eigenvalue weighted by Gasteiger charge is -2.08. The molecule has 0 aliphatic heterocycles. The Bertz CT molecular complexity index is 1060. The predicted molar refractivity (Wildman–Crippen MR) is 111 cm³/mol. The fourth-order valence-corrected chi connectivity index (χ4v) is 2.69. The Labute approximate surface area is 173 Å². The number of phenolic OH excluding ortho intramolecular Hbond substituents is 1. The lowest BCUT2D eigenvalue weighted by molar-refractivity contribution is 0.0950. The molecule has 1 heterocycles. The first-order chi connectivity index (χ1) is 14.5. The van der Waals surface area contributed by atoms with Crippen molar-refractivity contribution in [2.24, 2.45) is 5.10 Å². The van der Waals surface area contributed by atoms with E-state index in [4.69, 9.17) is 14.2 Å². The molecule has 0 saturated carbocycles. The molecule has 3 aromatic rings. The van der Waals surface area contributed by atoms with Gasteiger partial charge in [0.25, 0.3) is 5.91 Å². The van der Waals surface area contributed by atoms with Crippen molar-refractivity contribution >= 4 is 12.1 Å². The second-order valence-corrected chi connectivity index (χ2v) is 6.10. The van der Waals surface area contributed by atoms with E-state index in [-0.39, 0.29) is 11.4 Å². The number of ether oxygens (including phenoxy) is 3. The second-order valence-electron chi connectivity index (χ2n) is 6.10. The summed E-state index contributed by atoms with van der Waals surface area (Å²) in [6.07, 6.45) is 1.45. The number of hydrogen-bond donors (Lipinski definition) is 3. The number of H-pyrrole nitrogens is 1. The number of carbonyl (C=O) groups is 1. The number of aromatic nitrogens is 2. The van der Waals surface area contributed by atoms with Crippen LogP contribution >= 0.6 is 0 Å². The normalized spacial score (nSPS) is 10.8. The monoisotopic (exact) mass is 410 g/mol. The maximum absolute atomic E-state index is 12.3. The number of nitrogens with zero attached hydrogens (tertiary/aromatic N) is 2. The summed E-state index contributed by atoms with van der Waals surface area (Å²) in [5.74, 6) is 1.10. The highest BCUT2D eigenvalue weighted by atomic mass is 16.5. The Hall–Kier alpha value is -4.01. The van der Waals surface area contributed by atoms with E-state index < -0.39 is 5.91 Å². The molecule has 0 atom stereocenters. The van der Waals surface area contributed by atoms with Crippen LogP contribution in [0.2, 0.25) is 0 Å². The van der Waals surface area contributed by atoms with Gasteiger partial charge in [0.15, 0.2) is 23.0 Å². The van der Waals surface area contributed by atoms with Gasteiger partial charge in [0.2, 0.25) is 0 Å². The molecule has 0 aliphatic carbocycles. The van der Waals surface area contributed by atoms with Gasteiger partial charge in [-0.05, 0) is 55.0 Å². The van der Waals surface area contributed by atoms with Crippen LogP contribution in [0.5, 0.6) is 23.0 Å². The van der Waals surface area contributed by atoms with Crippen LogP contribution in [0.1, 0.15) is 23.0 Å². The van der Waals surface area contributed by atoms with Gasteiger partial charge in [0, 0.05) is 5.56 Å². The molecule has 0 saturated heterocycles. The summed E-state index contributed by atoms with van der Waals surface area (Å²) in [5, 5.41) is 20.5. The molecule has 0 bridgehead atoms. The van der Waals surface area contributed by atoms with Gasteiger partial charge in [0.05, 0.1) is 32.7 Å². The number of methoxy groups -OCH3 is 2. The summed E-state index contributed by atoms with van der Waals surface area (Å²) in [4.78, 5) is 12.3. The van der Waals surface area contributed by atoms with Crippen molar-refractivity contribution in [3.05, 3.63) is 53.7 Å². The highest BCUT2D eigenvalue weighted by molar-refractivity contribution is 5.94. The van der Waals surface area contributed by atoms with E-state index in [0.717, 1.165) is 5.56 Å². The SMILES string of the molecule is CCOc1cc(C=NNC(=O)c2cc(-c3ccc(OC)c(OC)c3)n[nH]2)ccc1O. The third-order valence-electron chi connectivity index (χ3n) is 4.17. The average Bonchev–Trinajstić information content (AvgIpc) is 3.26. The lowest BCUT2D eigenvalue weighted by atomic mass is 10.1. The molecule has 3 rings (SSSR count). The quantitative estimate of drug-likeness (QED) is 0.388. The number of amides is 1. The zero-order valence-corrected chi connectivity index (χ0v) is 16.8. The predicted octanol–water partition coefficient (Wildman–Crippen LogP) is 2.96. The van der Waals surface area contributed by atoms with Crippen molar-refractivity contribution in [3.8, 4) is 34.3 Å². The fourth-order valence-electron chi connectivity index (χ4n) is 2.69. The van der Waals surface area contributed by atoms with Gasteiger partial charge in [0.1, 0.15) is 5.69 Å². The number of aromatic hydroxyl groups is 1. The smallest absolute Gasteiger partial charge is 0.289 e. The van der Waals surface area contributed by atoms with Crippen molar-refractivity contribution in [2.75, 3.05) is 20.8 Å². The Kier molecular flexibility index (Phi) is 6.53. The van der Waals surface area contributed by atoms with Crippen LogP contribution in [-0.4, -0.2) is 48.3 Å². The highest BCUT2D eigenvalue weighted by Gasteiger charge is 2.13. The van der Waals surface area contributed by atoms with Gasteiger partial charge in [-0.2, -0.15) is 10.2 Å². The molecule has 3 N–H and O–H groups in total. The number of carbonyl (C=O) groups excluding carboxylic acids is 1. The Morgan fingerprint density at radius 3 is 2.67 bits per heavy atom. The zero-order chi connectivity index (χ0) is 21.5. The summed E-state index contributed by atoms with van der Waals surface area (Å²) in [5.41, 5.74) is 4.67. The summed E-state index contributed by atoms with van der Waals surface area (Å²) in [7, 11) is 3.11. The molecular formula is C21H22N4O5. The van der Waals surface area contributed by atoms with Crippen molar-refractivity contribution in [2.45, 2.75) is 6.92 Å². The third kappa shape index (κ3) is 4.69. The van der Waals surface area contributed by atoms with Gasteiger partial charge in [-0.15, -0.1) is 0 Å². The van der Waals surface area contributed by atoms with Crippen LogP contribution in [0.25, 0.3) is 11.3 Å². The van der Waals surface area contributed by atoms with Gasteiger partial charge in [-0.3, -0.25) is 9.89 Å². The number of aromatic amines is 1. The van der Waals surface area contributed by atoms with Crippen molar-refractivity contribution in [1.29, 1.82) is 0 Å². The van der Waals surface area contributed by atoms with Crippen molar-refractivity contribution in [1.82, 2.24) is 15.6 Å². The first-order valence-corrected chi connectivity index (χ1v) is 9.12. The van der Waals surface area contributed by atoms with E-state index in [1.165, 1.54) is 12.3 Å². The maximum atomic E-state index is 12.3. The molecule has 156 valence electrons. The van der Waals surface area contributed by atoms with E-state index >= 15 is 0 Å². The lowest BCUT2D eigenvalue weighted by Crippen LogP contribution is -2.18. The zero-order valence-electron chi connectivity index (χ0n) is 16.8. The molecule has 0 aliphatic rings. The van der Waals surface area contributed by atoms with Gasteiger partial charge in [-0.1, -0.05) is 0 Å². The van der Waals surface area contributed by atoms with Crippen LogP contribution < -0.4 is 19.6 Å². The Balaban J connectivity index is 1.68. The first-order valence-electron chi connectivity index (χ1n) is 9.12. The number of nitrogens with one attached hydrogen (secondary N) is 2. The molecular weight excluding hydrogens is 388 g/mol. The molecule has 0 spiro atoms. The Morgan fingerprint density at radius 1 is 1.13 bits per heavy atom. The topological polar surface area (TPSA) is 118 Å². The first kappa shape index (κ1) is 20.7. The van der Waals surface area contributed by atoms with Crippen LogP contribution in [0, 0.1) is 0 Å². The summed E-state index contributed by atoms with van der Waals surface area (Å²) in [6.45, 7) is 2.24. The fraction of sp³-hybridized carbons (Fsp3) is 0.190. The van der Waals surface area contributed by atoms with Crippen LogP contribution in [0.4, 0.5) is 0 Å². The van der Waals surface area contributed by atoms with Gasteiger partial charge < -0.3 is 19.3 Å². The number of rotatable bonds is 8. The molecule has 0 radical (unpaired) electrons. The van der Waals surface area contributed by atoms with E-state index in [2.05, 4.69) is 20.7 Å². The van der Waals surface area contributed by atoms with Crippen molar-refractivity contribution in [3.63, 3.8) is 0 Å². The van der Waals surface area contributed by atoms with E-state index in [0.29, 0.717) is 35.1 Å². The summed E-state index contributed by atoms with van der Waals surface area (Å²) < 4.78 is 15.8. The average molecular weight is 410 g/mol. The standard InChI is InChI=1S/C21H22N4O5/c1-4-30-19-9-13(5-7-17(19)26)12-22-25-21(27)16-11-15(23-24-16)14-6-8-18(28-2)20(10-14)29-3/h5-12,26H,4H2,1-3H3,(H,23,24)(H,25,27). The van der Waals surface area contributed by atoms with Gasteiger partial charge >= 0.3 is 0 Å². The minimum absolute atomic E-state index is 0.0400. The maximum Gasteiger partial charge on any atom is 0.289 e. The molecule has 2 aromatic carbocycles. The molecule has 0 fully saturated rings. The number of benzene rings is 2. The van der Waals surface area contributed by atoms with Gasteiger partial charge in [-0.25, -0.2) is 5.43 Å². The third-order valence-corrected chi connectivity index (χ3v) is 4.17. The number of phenols is 1. The van der Waals surface area contributed by atoms with E-state index in [1.807, 2.05) is 13.0 Å². The number of hydrogen-bond acceptors (Lipinski definition) is 7. The molecule has 0 unspecified atom stereocenters. The van der Waals surface area contributed by atoms with Crippen molar-refractivity contribution < 1.29 is 24.1 Å². The van der Waals surface area contributed by atoms with Crippen LogP contribution in [0.3, 0.4) is 0 Å². The second kappa shape index (κ2) is 9.46. The molecule has 1 amide bonds. The highest BCUT2D eigenvalue weighted by Crippen LogP contribution is 2.31. The molecule has 1 aromatic heterocycles. The molecule has 30 heavy (non-hydrogen) atoms. The van der Waals surface area contributed by atoms with Crippen LogP contribution in [-0.2, 0) is 0 Å². The molecule has 9 heteroatoms. The van der Waals surface area contributed by atoms with Crippen LogP contribution in [0.15, 0.2) is 47.6 Å². The Morgan fingerprint density at radius 2 is 1.93 bits per heavy atom. The molecule has 9 nitrogen and oxygen atoms in total. The minimum Gasteiger partial charge on any atom is -0.504 e. The summed E-state index contributed by atoms with van der Waals surface area (Å²) >= 11 is 0. The summed E-state index contributed by atoms with van der Waals surface area (Å²) in [6, 6.07) is 11.7. The number of hydrazone groups is 1. The minimum atomic E-state index is -0.450.